The first-order valence-electron chi connectivity index (χ1n) is 12.2. The molecule has 0 atom stereocenters. The number of rotatable bonds is 8. The van der Waals surface area contributed by atoms with E-state index in [4.69, 9.17) is 11.6 Å². The van der Waals surface area contributed by atoms with Crippen molar-refractivity contribution >= 4 is 49.5 Å². The molecule has 2 heterocycles. The highest BCUT2D eigenvalue weighted by Gasteiger charge is 2.25. The van der Waals surface area contributed by atoms with Crippen LogP contribution < -0.4 is 4.80 Å². The van der Waals surface area contributed by atoms with Gasteiger partial charge in [0.25, 0.3) is 0 Å². The number of benzene rings is 2. The molecule has 1 aromatic heterocycles. The van der Waals surface area contributed by atoms with Crippen LogP contribution in [0, 0.1) is 0 Å². The summed E-state index contributed by atoms with van der Waals surface area (Å²) < 4.78 is 28.0. The lowest BCUT2D eigenvalue weighted by atomic mass is 10.1. The highest BCUT2D eigenvalue weighted by Crippen LogP contribution is 2.24. The maximum absolute atomic E-state index is 12.9. The Morgan fingerprint density at radius 1 is 1.08 bits per heavy atom. The molecular weight excluding hydrogens is 530 g/mol. The SMILES string of the molecule is C/N=c1\sc(CN(C)C)c(CN2CCN(C(=O)CCS(=O)(=O)c3ccc4cc(Cl)ccc4c3)CC2)n1C. The second-order valence-electron chi connectivity index (χ2n) is 9.65. The summed E-state index contributed by atoms with van der Waals surface area (Å²) in [6, 6.07) is 10.3. The number of sulfone groups is 1. The van der Waals surface area contributed by atoms with Crippen molar-refractivity contribution in [3.8, 4) is 0 Å². The fraction of sp³-hybridized carbons (Fsp3) is 0.462. The molecule has 4 rings (SSSR count). The monoisotopic (exact) mass is 563 g/mol. The van der Waals surface area contributed by atoms with Gasteiger partial charge in [0.15, 0.2) is 14.6 Å². The number of nitrogens with zero attached hydrogens (tertiary/aromatic N) is 5. The number of halogens is 1. The zero-order chi connectivity index (χ0) is 26.7. The van der Waals surface area contributed by atoms with E-state index in [9.17, 15) is 13.2 Å². The Balaban J connectivity index is 1.33. The highest BCUT2D eigenvalue weighted by atomic mass is 35.5. The fourth-order valence-corrected chi connectivity index (χ4v) is 7.24. The van der Waals surface area contributed by atoms with Gasteiger partial charge in [-0.05, 0) is 49.1 Å². The molecule has 0 N–H and O–H groups in total. The van der Waals surface area contributed by atoms with Gasteiger partial charge in [-0.25, -0.2) is 8.42 Å². The molecule has 0 spiro atoms. The van der Waals surface area contributed by atoms with Crippen LogP contribution in [0.15, 0.2) is 46.3 Å². The smallest absolute Gasteiger partial charge is 0.223 e. The summed E-state index contributed by atoms with van der Waals surface area (Å²) in [6.07, 6.45) is -0.0190. The zero-order valence-corrected chi connectivity index (χ0v) is 24.2. The third-order valence-electron chi connectivity index (χ3n) is 6.70. The van der Waals surface area contributed by atoms with Gasteiger partial charge in [0.2, 0.25) is 5.91 Å². The van der Waals surface area contributed by atoms with Crippen molar-refractivity contribution in [2.75, 3.05) is 53.1 Å². The number of fused-ring (bicyclic) bond motifs is 1. The summed E-state index contributed by atoms with van der Waals surface area (Å²) in [5, 5.41) is 2.29. The van der Waals surface area contributed by atoms with E-state index < -0.39 is 9.84 Å². The topological polar surface area (TPSA) is 78.2 Å². The molecule has 0 aliphatic carbocycles. The van der Waals surface area contributed by atoms with Crippen LogP contribution in [-0.4, -0.2) is 86.7 Å². The van der Waals surface area contributed by atoms with E-state index in [1.54, 1.807) is 52.6 Å². The molecular formula is C26H34ClN5O3S2. The lowest BCUT2D eigenvalue weighted by Gasteiger charge is -2.35. The van der Waals surface area contributed by atoms with E-state index >= 15 is 0 Å². The Kier molecular flexibility index (Phi) is 8.75. The summed E-state index contributed by atoms with van der Waals surface area (Å²) in [5.41, 5.74) is 1.25. The van der Waals surface area contributed by atoms with Crippen molar-refractivity contribution in [2.45, 2.75) is 24.4 Å². The highest BCUT2D eigenvalue weighted by molar-refractivity contribution is 7.91. The Labute approximate surface area is 227 Å². The molecule has 1 fully saturated rings. The molecule has 37 heavy (non-hydrogen) atoms. The Bertz CT molecular complexity index is 1450. The summed E-state index contributed by atoms with van der Waals surface area (Å²) in [7, 11) is 4.42. The second kappa shape index (κ2) is 11.7. The van der Waals surface area contributed by atoms with Crippen molar-refractivity contribution < 1.29 is 13.2 Å². The molecule has 8 nitrogen and oxygen atoms in total. The number of piperazine rings is 1. The van der Waals surface area contributed by atoms with Gasteiger partial charge >= 0.3 is 0 Å². The Morgan fingerprint density at radius 3 is 2.43 bits per heavy atom. The normalized spacial score (nSPS) is 15.7. The Hall–Kier alpha value is -2.24. The first-order valence-corrected chi connectivity index (χ1v) is 15.1. The first-order chi connectivity index (χ1) is 17.6. The largest absolute Gasteiger partial charge is 0.340 e. The van der Waals surface area contributed by atoms with Gasteiger partial charge in [-0.15, -0.1) is 11.3 Å². The van der Waals surface area contributed by atoms with E-state index in [1.807, 2.05) is 7.05 Å². The maximum Gasteiger partial charge on any atom is 0.223 e. The molecule has 0 saturated carbocycles. The average molecular weight is 564 g/mol. The number of hydrogen-bond acceptors (Lipinski definition) is 7. The number of carbonyl (C=O) groups excluding carboxylic acids is 1. The third-order valence-corrected chi connectivity index (χ3v) is 9.89. The minimum atomic E-state index is -3.57. The molecule has 0 bridgehead atoms. The van der Waals surface area contributed by atoms with Gasteiger partial charge in [0.05, 0.1) is 10.6 Å². The quantitative estimate of drug-likeness (QED) is 0.421. The predicted molar refractivity (Wildman–Crippen MR) is 150 cm³/mol. The standard InChI is InChI=1S/C26H34ClN5O3S2/c1-28-26-30(4)23(24(36-26)18-29(2)3)17-31-10-12-32(13-11-31)25(33)9-14-37(34,35)22-8-6-19-15-21(27)7-5-20(19)16-22/h5-8,15-16H,9-14,17-18H2,1-4H3/b28-26-. The van der Waals surface area contributed by atoms with Gasteiger partial charge in [-0.3, -0.25) is 14.7 Å². The molecule has 1 aliphatic rings. The summed E-state index contributed by atoms with van der Waals surface area (Å²) in [4.78, 5) is 26.1. The van der Waals surface area contributed by atoms with Gasteiger partial charge in [-0.2, -0.15) is 0 Å². The van der Waals surface area contributed by atoms with Crippen LogP contribution in [0.3, 0.4) is 0 Å². The molecule has 3 aromatic rings. The minimum Gasteiger partial charge on any atom is -0.340 e. The molecule has 2 aromatic carbocycles. The fourth-order valence-electron chi connectivity index (χ4n) is 4.59. The van der Waals surface area contributed by atoms with Crippen molar-refractivity contribution in [1.29, 1.82) is 0 Å². The van der Waals surface area contributed by atoms with Crippen LogP contribution in [0.2, 0.25) is 5.02 Å². The third kappa shape index (κ3) is 6.61. The summed E-state index contributed by atoms with van der Waals surface area (Å²) in [5.74, 6) is -0.315. The first kappa shape index (κ1) is 27.8. The van der Waals surface area contributed by atoms with E-state index in [0.717, 1.165) is 41.8 Å². The maximum atomic E-state index is 12.9. The van der Waals surface area contributed by atoms with Crippen LogP contribution in [-0.2, 0) is 34.8 Å². The van der Waals surface area contributed by atoms with Crippen molar-refractivity contribution in [3.63, 3.8) is 0 Å². The lowest BCUT2D eigenvalue weighted by molar-refractivity contribution is -0.132. The van der Waals surface area contributed by atoms with Crippen molar-refractivity contribution in [1.82, 2.24) is 19.3 Å². The van der Waals surface area contributed by atoms with E-state index in [2.05, 4.69) is 40.5 Å². The minimum absolute atomic E-state index is 0.0190. The van der Waals surface area contributed by atoms with Crippen LogP contribution in [0.1, 0.15) is 17.0 Å². The summed E-state index contributed by atoms with van der Waals surface area (Å²) >= 11 is 7.74. The van der Waals surface area contributed by atoms with Crippen LogP contribution in [0.5, 0.6) is 0 Å². The molecule has 200 valence electrons. The van der Waals surface area contributed by atoms with Crippen LogP contribution in [0.25, 0.3) is 10.8 Å². The van der Waals surface area contributed by atoms with Gasteiger partial charge < -0.3 is 14.4 Å². The van der Waals surface area contributed by atoms with Gasteiger partial charge in [0, 0.05) is 75.4 Å². The zero-order valence-electron chi connectivity index (χ0n) is 21.8. The van der Waals surface area contributed by atoms with E-state index in [0.29, 0.717) is 18.1 Å². The lowest BCUT2D eigenvalue weighted by Crippen LogP contribution is -2.48. The van der Waals surface area contributed by atoms with Crippen LogP contribution in [0.4, 0.5) is 0 Å². The van der Waals surface area contributed by atoms with Gasteiger partial charge in [0.1, 0.15) is 0 Å². The molecule has 0 unspecified atom stereocenters. The second-order valence-corrected chi connectivity index (χ2v) is 13.3. The number of hydrogen-bond donors (Lipinski definition) is 0. The average Bonchev–Trinajstić information content (AvgIpc) is 3.16. The van der Waals surface area contributed by atoms with Crippen molar-refractivity contribution in [2.24, 2.45) is 12.0 Å². The molecule has 0 radical (unpaired) electrons. The summed E-state index contributed by atoms with van der Waals surface area (Å²) in [6.45, 7) is 4.36. The number of aromatic nitrogens is 1. The van der Waals surface area contributed by atoms with E-state index in [-0.39, 0.29) is 23.0 Å². The molecule has 1 aliphatic heterocycles. The van der Waals surface area contributed by atoms with Crippen LogP contribution >= 0.6 is 22.9 Å². The van der Waals surface area contributed by atoms with Gasteiger partial charge in [-0.1, -0.05) is 23.7 Å². The van der Waals surface area contributed by atoms with E-state index in [1.165, 1.54) is 10.6 Å². The number of carbonyl (C=O) groups is 1. The molecule has 1 amide bonds. The Morgan fingerprint density at radius 2 is 1.76 bits per heavy atom. The number of amides is 1. The molecule has 1 saturated heterocycles. The van der Waals surface area contributed by atoms with Crippen molar-refractivity contribution in [3.05, 3.63) is 56.8 Å². The number of thiazole rings is 1. The molecule has 11 heteroatoms. The predicted octanol–water partition coefficient (Wildman–Crippen LogP) is 2.99.